The lowest BCUT2D eigenvalue weighted by molar-refractivity contribution is 0.103. The number of hydrogen-bond donors (Lipinski definition) is 0. The molecule has 0 bridgehead atoms. The number of carbonyl (C=O) groups is 1. The molecular weight excluding hydrogens is 240 g/mol. The normalized spacial score (nSPS) is 10.1. The second-order valence-corrected chi connectivity index (χ2v) is 3.59. The molecule has 0 unspecified atom stereocenters. The summed E-state index contributed by atoms with van der Waals surface area (Å²) in [5.74, 6) is -2.22. The second-order valence-electron chi connectivity index (χ2n) is 3.59. The van der Waals surface area contributed by atoms with Crippen molar-refractivity contribution in [2.45, 2.75) is 0 Å². The summed E-state index contributed by atoms with van der Waals surface area (Å²) in [4.78, 5) is 22.3. The third-order valence-corrected chi connectivity index (χ3v) is 2.39. The van der Waals surface area contributed by atoms with Crippen LogP contribution in [-0.4, -0.2) is 5.78 Å². The summed E-state index contributed by atoms with van der Waals surface area (Å²) in [7, 11) is 0. The van der Waals surface area contributed by atoms with Crippen molar-refractivity contribution >= 4 is 11.5 Å². The van der Waals surface area contributed by atoms with Gasteiger partial charge in [0.05, 0.1) is 5.56 Å². The third kappa shape index (κ3) is 2.29. The number of hydrogen-bond acceptors (Lipinski definition) is 3. The van der Waals surface area contributed by atoms with Gasteiger partial charge in [-0.3, -0.25) is 4.79 Å². The SMILES string of the molecule is O=Nc1cccc(C(=O)c2cc(F)ccc2F)c1. The van der Waals surface area contributed by atoms with Gasteiger partial charge in [-0.2, -0.15) is 0 Å². The maximum atomic E-state index is 13.4. The van der Waals surface area contributed by atoms with Crippen LogP contribution >= 0.6 is 0 Å². The highest BCUT2D eigenvalue weighted by molar-refractivity contribution is 6.09. The average molecular weight is 247 g/mol. The molecule has 90 valence electrons. The molecule has 0 atom stereocenters. The van der Waals surface area contributed by atoms with Crippen molar-refractivity contribution in [2.24, 2.45) is 5.18 Å². The lowest BCUT2D eigenvalue weighted by atomic mass is 10.0. The number of carbonyl (C=O) groups excluding carboxylic acids is 1. The zero-order chi connectivity index (χ0) is 13.1. The first-order valence-electron chi connectivity index (χ1n) is 5.05. The van der Waals surface area contributed by atoms with Crippen molar-refractivity contribution in [1.29, 1.82) is 0 Å². The lowest BCUT2D eigenvalue weighted by Gasteiger charge is -2.03. The smallest absolute Gasteiger partial charge is 0.196 e. The Hall–Kier alpha value is -2.43. The van der Waals surface area contributed by atoms with Crippen LogP contribution in [0.5, 0.6) is 0 Å². The molecule has 2 aromatic carbocycles. The molecule has 0 aliphatic heterocycles. The minimum Gasteiger partial charge on any atom is -0.288 e. The van der Waals surface area contributed by atoms with E-state index in [0.717, 1.165) is 18.2 Å². The van der Waals surface area contributed by atoms with Gasteiger partial charge in [-0.1, -0.05) is 12.1 Å². The van der Waals surface area contributed by atoms with E-state index >= 15 is 0 Å². The van der Waals surface area contributed by atoms with E-state index in [2.05, 4.69) is 5.18 Å². The van der Waals surface area contributed by atoms with E-state index in [1.54, 1.807) is 0 Å². The molecule has 5 heteroatoms. The zero-order valence-electron chi connectivity index (χ0n) is 9.06. The molecule has 0 saturated carbocycles. The number of nitrogens with zero attached hydrogens (tertiary/aromatic N) is 1. The Bertz CT molecular complexity index is 626. The van der Waals surface area contributed by atoms with E-state index in [9.17, 15) is 18.5 Å². The van der Waals surface area contributed by atoms with Crippen LogP contribution in [-0.2, 0) is 0 Å². The highest BCUT2D eigenvalue weighted by atomic mass is 19.1. The fourth-order valence-corrected chi connectivity index (χ4v) is 1.53. The minimum atomic E-state index is -0.814. The number of rotatable bonds is 3. The summed E-state index contributed by atoms with van der Waals surface area (Å²) in [6.07, 6.45) is 0. The van der Waals surface area contributed by atoms with E-state index in [0.29, 0.717) is 0 Å². The van der Waals surface area contributed by atoms with Crippen molar-refractivity contribution in [3.8, 4) is 0 Å². The van der Waals surface area contributed by atoms with Crippen LogP contribution < -0.4 is 0 Å². The maximum absolute atomic E-state index is 13.4. The van der Waals surface area contributed by atoms with E-state index in [1.807, 2.05) is 0 Å². The van der Waals surface area contributed by atoms with E-state index in [1.165, 1.54) is 24.3 Å². The first-order valence-corrected chi connectivity index (χ1v) is 5.05. The van der Waals surface area contributed by atoms with E-state index in [4.69, 9.17) is 0 Å². The summed E-state index contributed by atoms with van der Waals surface area (Å²) in [6.45, 7) is 0. The summed E-state index contributed by atoms with van der Waals surface area (Å²) < 4.78 is 26.4. The molecule has 0 aliphatic rings. The Kier molecular flexibility index (Phi) is 3.23. The predicted molar refractivity (Wildman–Crippen MR) is 61.7 cm³/mol. The van der Waals surface area contributed by atoms with Gasteiger partial charge in [0.25, 0.3) is 0 Å². The fraction of sp³-hybridized carbons (Fsp3) is 0. The molecular formula is C13H7F2NO2. The Balaban J connectivity index is 2.47. The number of halogens is 2. The molecule has 0 radical (unpaired) electrons. The van der Waals surface area contributed by atoms with Crippen molar-refractivity contribution < 1.29 is 13.6 Å². The summed E-state index contributed by atoms with van der Waals surface area (Å²) in [5, 5.41) is 2.68. The molecule has 3 nitrogen and oxygen atoms in total. The van der Waals surface area contributed by atoms with Gasteiger partial charge in [0.1, 0.15) is 17.3 Å². The highest BCUT2D eigenvalue weighted by Crippen LogP contribution is 2.19. The van der Waals surface area contributed by atoms with Crippen molar-refractivity contribution in [2.75, 3.05) is 0 Å². The van der Waals surface area contributed by atoms with Crippen LogP contribution in [0.4, 0.5) is 14.5 Å². The van der Waals surface area contributed by atoms with Gasteiger partial charge in [-0.15, -0.1) is 4.91 Å². The summed E-state index contributed by atoms with van der Waals surface area (Å²) in [5.41, 5.74) is -0.243. The van der Waals surface area contributed by atoms with Crippen molar-refractivity contribution in [3.05, 3.63) is 70.1 Å². The highest BCUT2D eigenvalue weighted by Gasteiger charge is 2.15. The van der Waals surface area contributed by atoms with Crippen LogP contribution in [0.3, 0.4) is 0 Å². The predicted octanol–water partition coefficient (Wildman–Crippen LogP) is 3.59. The largest absolute Gasteiger partial charge is 0.288 e. The van der Waals surface area contributed by atoms with Gasteiger partial charge >= 0.3 is 0 Å². The Morgan fingerprint density at radius 1 is 1.06 bits per heavy atom. The Morgan fingerprint density at radius 2 is 1.83 bits per heavy atom. The quantitative estimate of drug-likeness (QED) is 0.614. The minimum absolute atomic E-state index is 0.0534. The van der Waals surface area contributed by atoms with E-state index in [-0.39, 0.29) is 16.8 Å². The summed E-state index contributed by atoms with van der Waals surface area (Å²) in [6, 6.07) is 8.10. The van der Waals surface area contributed by atoms with Crippen LogP contribution in [0.2, 0.25) is 0 Å². The van der Waals surface area contributed by atoms with Gasteiger partial charge in [-0.05, 0) is 35.5 Å². The van der Waals surface area contributed by atoms with Gasteiger partial charge in [0.2, 0.25) is 0 Å². The zero-order valence-corrected chi connectivity index (χ0v) is 9.06. The van der Waals surface area contributed by atoms with Crippen molar-refractivity contribution in [1.82, 2.24) is 0 Å². The molecule has 2 aromatic rings. The second kappa shape index (κ2) is 4.83. The summed E-state index contributed by atoms with van der Waals surface area (Å²) >= 11 is 0. The van der Waals surface area contributed by atoms with Gasteiger partial charge in [0.15, 0.2) is 5.78 Å². The fourth-order valence-electron chi connectivity index (χ4n) is 1.53. The van der Waals surface area contributed by atoms with Gasteiger partial charge < -0.3 is 0 Å². The maximum Gasteiger partial charge on any atom is 0.196 e. The molecule has 0 heterocycles. The van der Waals surface area contributed by atoms with Crippen LogP contribution in [0, 0.1) is 16.5 Å². The lowest BCUT2D eigenvalue weighted by Crippen LogP contribution is -2.04. The molecule has 2 rings (SSSR count). The first-order chi connectivity index (χ1) is 8.61. The van der Waals surface area contributed by atoms with E-state index < -0.39 is 17.4 Å². The number of benzene rings is 2. The molecule has 0 aliphatic carbocycles. The Morgan fingerprint density at radius 3 is 2.56 bits per heavy atom. The van der Waals surface area contributed by atoms with Gasteiger partial charge in [0, 0.05) is 5.56 Å². The number of nitroso groups, excluding NO2 is 1. The third-order valence-electron chi connectivity index (χ3n) is 2.39. The topological polar surface area (TPSA) is 46.5 Å². The average Bonchev–Trinajstić information content (AvgIpc) is 2.41. The Labute approximate surface area is 101 Å². The van der Waals surface area contributed by atoms with Crippen LogP contribution in [0.15, 0.2) is 47.6 Å². The van der Waals surface area contributed by atoms with Crippen molar-refractivity contribution in [3.63, 3.8) is 0 Å². The molecule has 0 spiro atoms. The molecule has 0 saturated heterocycles. The van der Waals surface area contributed by atoms with Crippen LogP contribution in [0.25, 0.3) is 0 Å². The van der Waals surface area contributed by atoms with Crippen LogP contribution in [0.1, 0.15) is 15.9 Å². The molecule has 18 heavy (non-hydrogen) atoms. The first kappa shape index (κ1) is 12.0. The van der Waals surface area contributed by atoms with Gasteiger partial charge in [-0.25, -0.2) is 8.78 Å². The molecule has 0 amide bonds. The number of ketones is 1. The molecule has 0 N–H and O–H groups in total. The molecule has 0 fully saturated rings. The molecule has 0 aromatic heterocycles. The standard InChI is InChI=1S/C13H7F2NO2/c14-9-4-5-12(15)11(7-9)13(17)8-2-1-3-10(6-8)16-18/h1-7H. The monoisotopic (exact) mass is 247 g/mol.